The molecule has 11 heteroatoms. The van der Waals surface area contributed by atoms with Gasteiger partial charge in [0.1, 0.15) is 18.1 Å². The highest BCUT2D eigenvalue weighted by molar-refractivity contribution is 5.95. The topological polar surface area (TPSA) is 188 Å². The standard InChI is InChI=1S/C25H38N4O7/c1-5-14(3)20(26)23(33)27-17(12-16-10-8-7-9-11-16)22(32)29-21(15(4)6-2)24(34)28-18(25(35)36)13-19(30)31/h7-11,14-15,17-18,20-21H,5-6,12-13,26H2,1-4H3,(H,27,33)(H,28,34)(H,29,32)(H,30,31)(H,35,36). The van der Waals surface area contributed by atoms with Crippen molar-refractivity contribution in [1.29, 1.82) is 0 Å². The minimum absolute atomic E-state index is 0.119. The van der Waals surface area contributed by atoms with E-state index in [0.717, 1.165) is 5.56 Å². The molecule has 36 heavy (non-hydrogen) atoms. The summed E-state index contributed by atoms with van der Waals surface area (Å²) in [5.41, 5.74) is 6.81. The van der Waals surface area contributed by atoms with Gasteiger partial charge in [0.15, 0.2) is 0 Å². The van der Waals surface area contributed by atoms with Crippen LogP contribution >= 0.6 is 0 Å². The molecule has 0 heterocycles. The molecule has 0 saturated carbocycles. The maximum absolute atomic E-state index is 13.3. The number of nitrogens with two attached hydrogens (primary N) is 1. The predicted octanol–water partition coefficient (Wildman–Crippen LogP) is 0.662. The van der Waals surface area contributed by atoms with Crippen LogP contribution in [-0.2, 0) is 30.4 Å². The largest absolute Gasteiger partial charge is 0.481 e. The van der Waals surface area contributed by atoms with Crippen molar-refractivity contribution in [2.45, 2.75) is 77.5 Å². The molecule has 3 amide bonds. The molecule has 1 aromatic rings. The number of hydrogen-bond donors (Lipinski definition) is 6. The maximum atomic E-state index is 13.3. The molecule has 1 rings (SSSR count). The fraction of sp³-hybridized carbons (Fsp3) is 0.560. The monoisotopic (exact) mass is 506 g/mol. The van der Waals surface area contributed by atoms with Crippen molar-refractivity contribution in [3.05, 3.63) is 35.9 Å². The number of carboxylic acids is 2. The second-order valence-corrected chi connectivity index (χ2v) is 9.03. The average molecular weight is 507 g/mol. The molecule has 7 N–H and O–H groups in total. The Morgan fingerprint density at radius 2 is 1.36 bits per heavy atom. The third-order valence-corrected chi connectivity index (χ3v) is 6.26. The Kier molecular flexibility index (Phi) is 12.6. The van der Waals surface area contributed by atoms with Gasteiger partial charge in [0.05, 0.1) is 12.5 Å². The van der Waals surface area contributed by atoms with Crippen LogP contribution in [0.1, 0.15) is 52.5 Å². The molecule has 1 aromatic carbocycles. The molecule has 6 unspecified atom stereocenters. The summed E-state index contributed by atoms with van der Waals surface area (Å²) in [6.45, 7) is 7.21. The maximum Gasteiger partial charge on any atom is 0.326 e. The fourth-order valence-electron chi connectivity index (χ4n) is 3.43. The third-order valence-electron chi connectivity index (χ3n) is 6.26. The van der Waals surface area contributed by atoms with Crippen LogP contribution in [0, 0.1) is 11.8 Å². The Morgan fingerprint density at radius 3 is 1.86 bits per heavy atom. The van der Waals surface area contributed by atoms with Crippen molar-refractivity contribution in [3.8, 4) is 0 Å². The van der Waals surface area contributed by atoms with E-state index in [-0.39, 0.29) is 12.3 Å². The van der Waals surface area contributed by atoms with Crippen LogP contribution in [0.4, 0.5) is 0 Å². The Morgan fingerprint density at radius 1 is 0.806 bits per heavy atom. The van der Waals surface area contributed by atoms with Crippen molar-refractivity contribution >= 4 is 29.7 Å². The summed E-state index contributed by atoms with van der Waals surface area (Å²) >= 11 is 0. The van der Waals surface area contributed by atoms with Gasteiger partial charge in [-0.2, -0.15) is 0 Å². The Labute approximate surface area is 211 Å². The van der Waals surface area contributed by atoms with E-state index < -0.39 is 66.2 Å². The van der Waals surface area contributed by atoms with Crippen LogP contribution in [0.5, 0.6) is 0 Å². The number of carbonyl (C=O) groups excluding carboxylic acids is 3. The van der Waals surface area contributed by atoms with Crippen molar-refractivity contribution < 1.29 is 34.2 Å². The Balaban J connectivity index is 3.15. The van der Waals surface area contributed by atoms with E-state index in [1.807, 2.05) is 19.9 Å². The molecule has 0 saturated heterocycles. The van der Waals surface area contributed by atoms with Crippen molar-refractivity contribution in [1.82, 2.24) is 16.0 Å². The minimum Gasteiger partial charge on any atom is -0.481 e. The smallest absolute Gasteiger partial charge is 0.326 e. The zero-order chi connectivity index (χ0) is 27.4. The first-order valence-corrected chi connectivity index (χ1v) is 12.1. The van der Waals surface area contributed by atoms with Crippen molar-refractivity contribution in [2.24, 2.45) is 17.6 Å². The summed E-state index contributed by atoms with van der Waals surface area (Å²) in [7, 11) is 0. The first kappa shape index (κ1) is 30.6. The number of aliphatic carboxylic acids is 2. The summed E-state index contributed by atoms with van der Waals surface area (Å²) in [5.74, 6) is -5.41. The number of hydrogen-bond acceptors (Lipinski definition) is 6. The summed E-state index contributed by atoms with van der Waals surface area (Å²) in [6.07, 6.45) is 0.449. The van der Waals surface area contributed by atoms with E-state index in [0.29, 0.717) is 12.8 Å². The van der Waals surface area contributed by atoms with Crippen molar-refractivity contribution in [3.63, 3.8) is 0 Å². The predicted molar refractivity (Wildman–Crippen MR) is 133 cm³/mol. The molecule has 0 spiro atoms. The van der Waals surface area contributed by atoms with Gasteiger partial charge in [0, 0.05) is 6.42 Å². The highest BCUT2D eigenvalue weighted by Gasteiger charge is 2.33. The second-order valence-electron chi connectivity index (χ2n) is 9.03. The lowest BCUT2D eigenvalue weighted by Crippen LogP contribution is -2.59. The summed E-state index contributed by atoms with van der Waals surface area (Å²) in [6, 6.07) is 4.29. The fourth-order valence-corrected chi connectivity index (χ4v) is 3.43. The third kappa shape index (κ3) is 9.65. The summed E-state index contributed by atoms with van der Waals surface area (Å²) in [4.78, 5) is 61.4. The lowest BCUT2D eigenvalue weighted by atomic mass is 9.96. The SMILES string of the molecule is CCC(C)C(N)C(=O)NC(Cc1ccccc1)C(=O)NC(C(=O)NC(CC(=O)O)C(=O)O)C(C)CC. The van der Waals surface area contributed by atoms with Gasteiger partial charge in [-0.15, -0.1) is 0 Å². The number of nitrogens with one attached hydrogen (secondary N) is 3. The van der Waals surface area contributed by atoms with E-state index in [1.165, 1.54) is 0 Å². The lowest BCUT2D eigenvalue weighted by Gasteiger charge is -2.28. The van der Waals surface area contributed by atoms with Gasteiger partial charge in [-0.25, -0.2) is 4.79 Å². The van der Waals surface area contributed by atoms with Gasteiger partial charge in [-0.3, -0.25) is 19.2 Å². The number of amides is 3. The zero-order valence-electron chi connectivity index (χ0n) is 21.2. The van der Waals surface area contributed by atoms with Gasteiger partial charge < -0.3 is 31.9 Å². The first-order chi connectivity index (χ1) is 16.9. The second kappa shape index (κ2) is 14.8. The van der Waals surface area contributed by atoms with Crippen molar-refractivity contribution in [2.75, 3.05) is 0 Å². The van der Waals surface area contributed by atoms with Crippen LogP contribution in [0.2, 0.25) is 0 Å². The van der Waals surface area contributed by atoms with E-state index in [4.69, 9.17) is 10.8 Å². The molecule has 11 nitrogen and oxygen atoms in total. The van der Waals surface area contributed by atoms with E-state index in [2.05, 4.69) is 16.0 Å². The summed E-state index contributed by atoms with van der Waals surface area (Å²) in [5, 5.41) is 25.7. The molecule has 0 radical (unpaired) electrons. The Bertz CT molecular complexity index is 909. The summed E-state index contributed by atoms with van der Waals surface area (Å²) < 4.78 is 0. The van der Waals surface area contributed by atoms with Crippen LogP contribution in [0.25, 0.3) is 0 Å². The van der Waals surface area contributed by atoms with Gasteiger partial charge in [0.2, 0.25) is 17.7 Å². The molecule has 200 valence electrons. The van der Waals surface area contributed by atoms with Gasteiger partial charge in [-0.05, 0) is 17.4 Å². The minimum atomic E-state index is -1.66. The zero-order valence-corrected chi connectivity index (χ0v) is 21.2. The molecule has 0 aliphatic heterocycles. The van der Waals surface area contributed by atoms with Crippen LogP contribution in [0.15, 0.2) is 30.3 Å². The lowest BCUT2D eigenvalue weighted by molar-refractivity contribution is -0.147. The quantitative estimate of drug-likeness (QED) is 0.200. The molecular weight excluding hydrogens is 468 g/mol. The highest BCUT2D eigenvalue weighted by atomic mass is 16.4. The molecule has 0 fully saturated rings. The molecule has 0 aromatic heterocycles. The van der Waals surface area contributed by atoms with Gasteiger partial charge in [-0.1, -0.05) is 70.9 Å². The van der Waals surface area contributed by atoms with Gasteiger partial charge >= 0.3 is 11.9 Å². The van der Waals surface area contributed by atoms with E-state index >= 15 is 0 Å². The first-order valence-electron chi connectivity index (χ1n) is 12.1. The normalized spacial score (nSPS) is 15.9. The molecule has 6 atom stereocenters. The van der Waals surface area contributed by atoms with Crippen LogP contribution in [-0.4, -0.2) is 64.0 Å². The molecule has 0 bridgehead atoms. The number of benzene rings is 1. The van der Waals surface area contributed by atoms with E-state index in [1.54, 1.807) is 38.1 Å². The van der Waals surface area contributed by atoms with Crippen LogP contribution < -0.4 is 21.7 Å². The molecule has 0 aliphatic rings. The Hall–Kier alpha value is -3.47. The molecule has 0 aliphatic carbocycles. The van der Waals surface area contributed by atoms with Gasteiger partial charge in [0.25, 0.3) is 0 Å². The number of rotatable bonds is 15. The number of carbonyl (C=O) groups is 5. The average Bonchev–Trinajstić information content (AvgIpc) is 2.84. The van der Waals surface area contributed by atoms with E-state index in [9.17, 15) is 29.1 Å². The number of carboxylic acid groups (broad SMARTS) is 2. The molecular formula is C25H38N4O7. The van der Waals surface area contributed by atoms with Crippen LogP contribution in [0.3, 0.4) is 0 Å². The highest BCUT2D eigenvalue weighted by Crippen LogP contribution is 2.12.